The summed E-state index contributed by atoms with van der Waals surface area (Å²) in [6, 6.07) is 5.44. The van der Waals surface area contributed by atoms with E-state index in [1.807, 2.05) is 0 Å². The van der Waals surface area contributed by atoms with Gasteiger partial charge in [-0.3, -0.25) is 0 Å². The van der Waals surface area contributed by atoms with Gasteiger partial charge in [0, 0.05) is 31.9 Å². The second-order valence-corrected chi connectivity index (χ2v) is 5.89. The molecule has 1 fully saturated rings. The van der Waals surface area contributed by atoms with Crippen molar-refractivity contribution in [2.24, 2.45) is 0 Å². The molecule has 1 heterocycles. The van der Waals surface area contributed by atoms with E-state index in [9.17, 15) is 9.59 Å². The third-order valence-electron chi connectivity index (χ3n) is 4.38. The number of ether oxygens (including phenoxy) is 1. The molecule has 6 heteroatoms. The normalized spacial score (nSPS) is 16.0. The second kappa shape index (κ2) is 7.35. The summed E-state index contributed by atoms with van der Waals surface area (Å²) in [4.78, 5) is 27.6. The third-order valence-corrected chi connectivity index (χ3v) is 4.38. The fourth-order valence-electron chi connectivity index (χ4n) is 2.74. The number of rotatable bonds is 3. The molecule has 0 unspecified atom stereocenters. The third kappa shape index (κ3) is 3.94. The van der Waals surface area contributed by atoms with Crippen LogP contribution in [0.15, 0.2) is 18.2 Å². The zero-order valence-corrected chi connectivity index (χ0v) is 14.3. The highest BCUT2D eigenvalue weighted by molar-refractivity contribution is 5.83. The number of anilines is 1. The molecule has 0 bridgehead atoms. The molecular formula is C17H25N3O3. The molecule has 1 N–H and O–H groups in total. The Hall–Kier alpha value is -2.24. The van der Waals surface area contributed by atoms with E-state index in [-0.39, 0.29) is 6.03 Å². The molecule has 0 radical (unpaired) electrons. The van der Waals surface area contributed by atoms with Crippen LogP contribution in [0, 0.1) is 13.8 Å². The standard InChI is InChI=1S/C17H25N3O3/c1-12-6-5-7-15(13(12)2)19-8-10-20(11-9-19)17(22)18-14(3)16(21)23-4/h5-7,14H,8-11H2,1-4H3,(H,18,22)/t14-/m0/s1. The van der Waals surface area contributed by atoms with Crippen LogP contribution in [-0.4, -0.2) is 56.2 Å². The summed E-state index contributed by atoms with van der Waals surface area (Å²) in [5, 5.41) is 2.67. The van der Waals surface area contributed by atoms with Gasteiger partial charge in [0.1, 0.15) is 6.04 Å². The number of nitrogens with one attached hydrogen (secondary N) is 1. The van der Waals surface area contributed by atoms with E-state index in [0.29, 0.717) is 13.1 Å². The number of benzene rings is 1. The van der Waals surface area contributed by atoms with Crippen molar-refractivity contribution in [3.8, 4) is 0 Å². The van der Waals surface area contributed by atoms with Crippen molar-refractivity contribution in [3.05, 3.63) is 29.3 Å². The Kier molecular flexibility index (Phi) is 5.47. The number of urea groups is 1. The van der Waals surface area contributed by atoms with E-state index in [1.54, 1.807) is 11.8 Å². The number of nitrogens with zero attached hydrogens (tertiary/aromatic N) is 2. The number of methoxy groups -OCH3 is 1. The van der Waals surface area contributed by atoms with Crippen molar-refractivity contribution in [1.82, 2.24) is 10.2 Å². The molecule has 0 spiro atoms. The molecule has 0 aromatic heterocycles. The van der Waals surface area contributed by atoms with Gasteiger partial charge in [-0.05, 0) is 38.0 Å². The van der Waals surface area contributed by atoms with Crippen molar-refractivity contribution in [2.45, 2.75) is 26.8 Å². The summed E-state index contributed by atoms with van der Waals surface area (Å²) in [6.45, 7) is 8.68. The minimum absolute atomic E-state index is 0.219. The highest BCUT2D eigenvalue weighted by Crippen LogP contribution is 2.23. The van der Waals surface area contributed by atoms with Gasteiger partial charge in [-0.1, -0.05) is 12.1 Å². The maximum absolute atomic E-state index is 12.2. The molecule has 2 amide bonds. The summed E-state index contributed by atoms with van der Waals surface area (Å²) >= 11 is 0. The summed E-state index contributed by atoms with van der Waals surface area (Å²) in [7, 11) is 1.31. The molecule has 1 aromatic rings. The quantitative estimate of drug-likeness (QED) is 0.862. The molecule has 6 nitrogen and oxygen atoms in total. The van der Waals surface area contributed by atoms with Gasteiger partial charge in [-0.15, -0.1) is 0 Å². The zero-order valence-electron chi connectivity index (χ0n) is 14.3. The van der Waals surface area contributed by atoms with Gasteiger partial charge in [-0.25, -0.2) is 9.59 Å². The van der Waals surface area contributed by atoms with E-state index in [1.165, 1.54) is 23.9 Å². The predicted octanol–water partition coefficient (Wildman–Crippen LogP) is 1.70. The van der Waals surface area contributed by atoms with Crippen LogP contribution in [0.3, 0.4) is 0 Å². The average molecular weight is 319 g/mol. The molecule has 126 valence electrons. The number of piperazine rings is 1. The molecular weight excluding hydrogens is 294 g/mol. The van der Waals surface area contributed by atoms with Gasteiger partial charge in [-0.2, -0.15) is 0 Å². The van der Waals surface area contributed by atoms with Crippen LogP contribution in [0.1, 0.15) is 18.1 Å². The van der Waals surface area contributed by atoms with Crippen molar-refractivity contribution >= 4 is 17.7 Å². The van der Waals surface area contributed by atoms with Gasteiger partial charge in [0.15, 0.2) is 0 Å². The average Bonchev–Trinajstić information content (AvgIpc) is 2.56. The van der Waals surface area contributed by atoms with E-state index >= 15 is 0 Å². The lowest BCUT2D eigenvalue weighted by molar-refractivity contribution is -0.142. The lowest BCUT2D eigenvalue weighted by atomic mass is 10.1. The minimum atomic E-state index is -0.635. The topological polar surface area (TPSA) is 61.9 Å². The molecule has 0 saturated carbocycles. The van der Waals surface area contributed by atoms with E-state index < -0.39 is 12.0 Å². The number of carbonyl (C=O) groups is 2. The van der Waals surface area contributed by atoms with Crippen LogP contribution in [-0.2, 0) is 9.53 Å². The predicted molar refractivity (Wildman–Crippen MR) is 89.7 cm³/mol. The molecule has 1 aromatic carbocycles. The van der Waals surface area contributed by atoms with Gasteiger partial charge in [0.2, 0.25) is 0 Å². The maximum atomic E-state index is 12.2. The molecule has 2 rings (SSSR count). The molecule has 1 saturated heterocycles. The molecule has 1 aliphatic rings. The molecule has 1 aliphatic heterocycles. The van der Waals surface area contributed by atoms with Crippen LogP contribution in [0.5, 0.6) is 0 Å². The van der Waals surface area contributed by atoms with Crippen molar-refractivity contribution in [1.29, 1.82) is 0 Å². The number of hydrogen-bond acceptors (Lipinski definition) is 4. The Morgan fingerprint density at radius 2 is 1.83 bits per heavy atom. The number of hydrogen-bond donors (Lipinski definition) is 1. The van der Waals surface area contributed by atoms with Crippen LogP contribution < -0.4 is 10.2 Å². The fourth-order valence-corrected chi connectivity index (χ4v) is 2.74. The molecule has 0 aliphatic carbocycles. The van der Waals surface area contributed by atoms with Gasteiger partial charge in [0.05, 0.1) is 7.11 Å². The summed E-state index contributed by atoms with van der Waals surface area (Å²) < 4.78 is 4.62. The lowest BCUT2D eigenvalue weighted by Crippen LogP contribution is -2.54. The first-order valence-corrected chi connectivity index (χ1v) is 7.88. The van der Waals surface area contributed by atoms with Crippen LogP contribution in [0.2, 0.25) is 0 Å². The van der Waals surface area contributed by atoms with Crippen LogP contribution in [0.4, 0.5) is 10.5 Å². The number of esters is 1. The maximum Gasteiger partial charge on any atom is 0.328 e. The SMILES string of the molecule is COC(=O)[C@H](C)NC(=O)N1CCN(c2cccc(C)c2C)CC1. The number of amides is 2. The smallest absolute Gasteiger partial charge is 0.328 e. The molecule has 23 heavy (non-hydrogen) atoms. The zero-order chi connectivity index (χ0) is 17.0. The first-order chi connectivity index (χ1) is 10.9. The van der Waals surface area contributed by atoms with Crippen molar-refractivity contribution < 1.29 is 14.3 Å². The Bertz CT molecular complexity index is 580. The highest BCUT2D eigenvalue weighted by atomic mass is 16.5. The Labute approximate surface area is 137 Å². The summed E-state index contributed by atoms with van der Waals surface area (Å²) in [6.07, 6.45) is 0. The van der Waals surface area contributed by atoms with Crippen LogP contribution >= 0.6 is 0 Å². The lowest BCUT2D eigenvalue weighted by Gasteiger charge is -2.37. The largest absolute Gasteiger partial charge is 0.467 e. The Balaban J connectivity index is 1.92. The first-order valence-electron chi connectivity index (χ1n) is 7.88. The van der Waals surface area contributed by atoms with Gasteiger partial charge < -0.3 is 19.9 Å². The van der Waals surface area contributed by atoms with Crippen molar-refractivity contribution in [2.75, 3.05) is 38.2 Å². The van der Waals surface area contributed by atoms with E-state index in [4.69, 9.17) is 0 Å². The Morgan fingerprint density at radius 1 is 1.17 bits per heavy atom. The van der Waals surface area contributed by atoms with E-state index in [2.05, 4.69) is 47.0 Å². The van der Waals surface area contributed by atoms with E-state index in [0.717, 1.165) is 13.1 Å². The highest BCUT2D eigenvalue weighted by Gasteiger charge is 2.24. The minimum Gasteiger partial charge on any atom is -0.467 e. The van der Waals surface area contributed by atoms with Crippen molar-refractivity contribution in [3.63, 3.8) is 0 Å². The summed E-state index contributed by atoms with van der Waals surface area (Å²) in [5.41, 5.74) is 3.78. The van der Waals surface area contributed by atoms with Gasteiger partial charge >= 0.3 is 12.0 Å². The summed E-state index contributed by atoms with van der Waals surface area (Å²) in [5.74, 6) is -0.438. The monoisotopic (exact) mass is 319 g/mol. The van der Waals surface area contributed by atoms with Crippen LogP contribution in [0.25, 0.3) is 0 Å². The second-order valence-electron chi connectivity index (χ2n) is 5.89. The number of aryl methyl sites for hydroxylation is 1. The first kappa shape index (κ1) is 17.1. The Morgan fingerprint density at radius 3 is 2.43 bits per heavy atom. The molecule has 1 atom stereocenters. The number of carbonyl (C=O) groups excluding carboxylic acids is 2. The van der Waals surface area contributed by atoms with Gasteiger partial charge in [0.25, 0.3) is 0 Å². The fraction of sp³-hybridized carbons (Fsp3) is 0.529.